The summed E-state index contributed by atoms with van der Waals surface area (Å²) in [5.74, 6) is 0.834. The minimum absolute atomic E-state index is 0.290. The SMILES string of the molecule is COc1ccccc1-c1nn(-c2ccccc2)cc1C(=O)Nc1ccn(C)n1. The first-order valence-corrected chi connectivity index (χ1v) is 8.75. The number of hydrogen-bond donors (Lipinski definition) is 1. The Kier molecular flexibility index (Phi) is 4.63. The molecule has 0 spiro atoms. The molecule has 2 aromatic heterocycles. The largest absolute Gasteiger partial charge is 0.496 e. The van der Waals surface area contributed by atoms with Crippen LogP contribution in [0.25, 0.3) is 16.9 Å². The molecule has 0 unspecified atom stereocenters. The van der Waals surface area contributed by atoms with Gasteiger partial charge in [-0.25, -0.2) is 4.68 Å². The molecule has 0 saturated heterocycles. The quantitative estimate of drug-likeness (QED) is 0.581. The standard InChI is InChI=1S/C21H19N5O2/c1-25-13-12-19(23-25)22-21(27)17-14-26(15-8-4-3-5-9-15)24-20(17)16-10-6-7-11-18(16)28-2/h3-14H,1-2H3,(H,22,23,27). The van der Waals surface area contributed by atoms with E-state index in [-0.39, 0.29) is 5.91 Å². The molecule has 0 aliphatic heterocycles. The topological polar surface area (TPSA) is 74.0 Å². The van der Waals surface area contributed by atoms with Crippen LogP contribution in [0.15, 0.2) is 73.1 Å². The van der Waals surface area contributed by atoms with Gasteiger partial charge in [0.1, 0.15) is 11.4 Å². The lowest BCUT2D eigenvalue weighted by molar-refractivity contribution is 0.102. The molecule has 7 heteroatoms. The summed E-state index contributed by atoms with van der Waals surface area (Å²) in [7, 11) is 3.39. The van der Waals surface area contributed by atoms with E-state index in [1.165, 1.54) is 0 Å². The maximum absolute atomic E-state index is 13.0. The zero-order valence-electron chi connectivity index (χ0n) is 15.5. The van der Waals surface area contributed by atoms with Crippen LogP contribution >= 0.6 is 0 Å². The number of carbonyl (C=O) groups excluding carboxylic acids is 1. The van der Waals surface area contributed by atoms with Crippen LogP contribution in [0.2, 0.25) is 0 Å². The van der Waals surface area contributed by atoms with E-state index < -0.39 is 0 Å². The van der Waals surface area contributed by atoms with Gasteiger partial charge < -0.3 is 10.1 Å². The number of rotatable bonds is 5. The molecular formula is C21H19N5O2. The van der Waals surface area contributed by atoms with Crippen LogP contribution in [0.4, 0.5) is 5.82 Å². The first kappa shape index (κ1) is 17.5. The number of carbonyl (C=O) groups is 1. The molecule has 4 aromatic rings. The summed E-state index contributed by atoms with van der Waals surface area (Å²) in [6, 6.07) is 18.9. The van der Waals surface area contributed by atoms with Crippen molar-refractivity contribution in [3.05, 3.63) is 78.6 Å². The van der Waals surface area contributed by atoms with Gasteiger partial charge in [-0.1, -0.05) is 30.3 Å². The predicted molar refractivity (Wildman–Crippen MR) is 107 cm³/mol. The fourth-order valence-corrected chi connectivity index (χ4v) is 2.96. The zero-order chi connectivity index (χ0) is 19.5. The van der Waals surface area contributed by atoms with Gasteiger partial charge in [0.05, 0.1) is 18.4 Å². The first-order chi connectivity index (χ1) is 13.7. The fourth-order valence-electron chi connectivity index (χ4n) is 2.96. The van der Waals surface area contributed by atoms with Crippen molar-refractivity contribution in [1.82, 2.24) is 19.6 Å². The number of amides is 1. The van der Waals surface area contributed by atoms with Crippen LogP contribution in [0.5, 0.6) is 5.75 Å². The van der Waals surface area contributed by atoms with E-state index >= 15 is 0 Å². The fraction of sp³-hybridized carbons (Fsp3) is 0.0952. The Morgan fingerprint density at radius 3 is 2.46 bits per heavy atom. The molecule has 140 valence electrons. The molecule has 1 N–H and O–H groups in total. The van der Waals surface area contributed by atoms with Gasteiger partial charge in [-0.2, -0.15) is 10.2 Å². The Hall–Kier alpha value is -3.87. The molecule has 0 saturated carbocycles. The Bertz CT molecular complexity index is 1110. The van der Waals surface area contributed by atoms with Crippen molar-refractivity contribution in [3.63, 3.8) is 0 Å². The summed E-state index contributed by atoms with van der Waals surface area (Å²) < 4.78 is 8.79. The highest BCUT2D eigenvalue weighted by atomic mass is 16.5. The summed E-state index contributed by atoms with van der Waals surface area (Å²) in [6.45, 7) is 0. The van der Waals surface area contributed by atoms with Crippen LogP contribution in [-0.2, 0) is 7.05 Å². The van der Waals surface area contributed by atoms with E-state index in [0.717, 1.165) is 11.3 Å². The second-order valence-electron chi connectivity index (χ2n) is 6.20. The molecule has 1 amide bonds. The van der Waals surface area contributed by atoms with Gasteiger partial charge in [0, 0.05) is 31.1 Å². The summed E-state index contributed by atoms with van der Waals surface area (Å²) in [4.78, 5) is 13.0. The number of hydrogen-bond acceptors (Lipinski definition) is 4. The monoisotopic (exact) mass is 373 g/mol. The van der Waals surface area contributed by atoms with Crippen molar-refractivity contribution >= 4 is 11.7 Å². The van der Waals surface area contributed by atoms with E-state index in [2.05, 4.69) is 15.5 Å². The van der Waals surface area contributed by atoms with Crippen LogP contribution in [0, 0.1) is 0 Å². The average Bonchev–Trinajstić information content (AvgIpc) is 3.35. The van der Waals surface area contributed by atoms with Gasteiger partial charge in [0.25, 0.3) is 5.91 Å². The number of benzene rings is 2. The van der Waals surface area contributed by atoms with Gasteiger partial charge in [-0.3, -0.25) is 9.48 Å². The molecule has 0 fully saturated rings. The molecular weight excluding hydrogens is 354 g/mol. The number of aryl methyl sites for hydroxylation is 1. The third-order valence-electron chi connectivity index (χ3n) is 4.30. The Balaban J connectivity index is 1.81. The number of methoxy groups -OCH3 is 1. The molecule has 0 atom stereocenters. The van der Waals surface area contributed by atoms with Gasteiger partial charge >= 0.3 is 0 Å². The normalized spacial score (nSPS) is 10.6. The molecule has 2 heterocycles. The summed E-state index contributed by atoms with van der Waals surface area (Å²) in [6.07, 6.45) is 3.49. The molecule has 2 aromatic carbocycles. The third kappa shape index (κ3) is 3.37. The van der Waals surface area contributed by atoms with Crippen molar-refractivity contribution in [2.75, 3.05) is 12.4 Å². The summed E-state index contributed by atoms with van der Waals surface area (Å²) >= 11 is 0. The zero-order valence-corrected chi connectivity index (χ0v) is 15.5. The Labute approximate surface area is 162 Å². The van der Waals surface area contributed by atoms with E-state index in [1.54, 1.807) is 42.0 Å². The summed E-state index contributed by atoms with van der Waals surface area (Å²) in [5.41, 5.74) is 2.56. The van der Waals surface area contributed by atoms with Gasteiger partial charge in [0.15, 0.2) is 5.82 Å². The average molecular weight is 373 g/mol. The molecule has 28 heavy (non-hydrogen) atoms. The second kappa shape index (κ2) is 7.40. The lowest BCUT2D eigenvalue weighted by atomic mass is 10.1. The molecule has 0 bridgehead atoms. The summed E-state index contributed by atoms with van der Waals surface area (Å²) in [5, 5.41) is 11.7. The smallest absolute Gasteiger partial charge is 0.260 e. The number of para-hydroxylation sites is 2. The molecule has 4 rings (SSSR count). The first-order valence-electron chi connectivity index (χ1n) is 8.75. The maximum atomic E-state index is 13.0. The van der Waals surface area contributed by atoms with Crippen molar-refractivity contribution in [2.45, 2.75) is 0 Å². The minimum Gasteiger partial charge on any atom is -0.496 e. The molecule has 0 radical (unpaired) electrons. The number of aromatic nitrogens is 4. The van der Waals surface area contributed by atoms with Crippen molar-refractivity contribution in [2.24, 2.45) is 7.05 Å². The lowest BCUT2D eigenvalue weighted by Gasteiger charge is -2.07. The van der Waals surface area contributed by atoms with E-state index in [0.29, 0.717) is 22.8 Å². The van der Waals surface area contributed by atoms with Crippen LogP contribution in [-0.4, -0.2) is 32.6 Å². The predicted octanol–water partition coefficient (Wildman–Crippen LogP) is 3.53. The second-order valence-corrected chi connectivity index (χ2v) is 6.20. The number of nitrogens with one attached hydrogen (secondary N) is 1. The van der Waals surface area contributed by atoms with E-state index in [9.17, 15) is 4.79 Å². The highest BCUT2D eigenvalue weighted by Gasteiger charge is 2.21. The minimum atomic E-state index is -0.290. The number of ether oxygens (including phenoxy) is 1. The van der Waals surface area contributed by atoms with Gasteiger partial charge in [-0.05, 0) is 24.3 Å². The third-order valence-corrected chi connectivity index (χ3v) is 4.30. The van der Waals surface area contributed by atoms with Crippen molar-refractivity contribution in [3.8, 4) is 22.7 Å². The molecule has 7 nitrogen and oxygen atoms in total. The van der Waals surface area contributed by atoms with Crippen molar-refractivity contribution in [1.29, 1.82) is 0 Å². The number of nitrogens with zero attached hydrogens (tertiary/aromatic N) is 4. The molecule has 0 aliphatic carbocycles. The van der Waals surface area contributed by atoms with Crippen LogP contribution in [0.3, 0.4) is 0 Å². The number of anilines is 1. The van der Waals surface area contributed by atoms with E-state index in [1.807, 2.05) is 54.6 Å². The maximum Gasteiger partial charge on any atom is 0.260 e. The van der Waals surface area contributed by atoms with Gasteiger partial charge in [-0.15, -0.1) is 0 Å². The van der Waals surface area contributed by atoms with Crippen molar-refractivity contribution < 1.29 is 9.53 Å². The van der Waals surface area contributed by atoms with E-state index in [4.69, 9.17) is 4.74 Å². The Morgan fingerprint density at radius 2 is 1.75 bits per heavy atom. The Morgan fingerprint density at radius 1 is 1.00 bits per heavy atom. The highest BCUT2D eigenvalue weighted by Crippen LogP contribution is 2.32. The molecule has 0 aliphatic rings. The van der Waals surface area contributed by atoms with Gasteiger partial charge in [0.2, 0.25) is 0 Å². The van der Waals surface area contributed by atoms with Crippen LogP contribution < -0.4 is 10.1 Å². The lowest BCUT2D eigenvalue weighted by Crippen LogP contribution is -2.13. The highest BCUT2D eigenvalue weighted by molar-refractivity contribution is 6.08. The van der Waals surface area contributed by atoms with Crippen LogP contribution in [0.1, 0.15) is 10.4 Å².